The molecule has 4 heteroatoms. The summed E-state index contributed by atoms with van der Waals surface area (Å²) in [6.45, 7) is 13.6. The van der Waals surface area contributed by atoms with Crippen molar-refractivity contribution in [2.75, 3.05) is 6.61 Å². The second kappa shape index (κ2) is 11.9. The van der Waals surface area contributed by atoms with Crippen molar-refractivity contribution in [3.8, 4) is 0 Å². The predicted molar refractivity (Wildman–Crippen MR) is 153 cm³/mol. The van der Waals surface area contributed by atoms with Crippen molar-refractivity contribution < 1.29 is 14.6 Å². The zero-order valence-electron chi connectivity index (χ0n) is 22.8. The summed E-state index contributed by atoms with van der Waals surface area (Å²) in [7, 11) is -2.58. The lowest BCUT2D eigenvalue weighted by molar-refractivity contribution is -0.0212. The van der Waals surface area contributed by atoms with Crippen molar-refractivity contribution in [1.29, 1.82) is 0 Å². The molecule has 0 saturated carbocycles. The molecular weight excluding hydrogens is 460 g/mol. The van der Waals surface area contributed by atoms with Crippen molar-refractivity contribution in [2.24, 2.45) is 11.8 Å². The van der Waals surface area contributed by atoms with E-state index in [9.17, 15) is 10.2 Å². The first kappa shape index (κ1) is 28.3. The van der Waals surface area contributed by atoms with Crippen LogP contribution in [0.25, 0.3) is 0 Å². The fourth-order valence-electron chi connectivity index (χ4n) is 5.41. The van der Waals surface area contributed by atoms with Gasteiger partial charge in [-0.15, -0.1) is 0 Å². The molecule has 0 aliphatic heterocycles. The quantitative estimate of drug-likeness (QED) is 0.320. The summed E-state index contributed by atoms with van der Waals surface area (Å²) < 4.78 is 7.09. The number of rotatable bonds is 11. The molecule has 0 aliphatic carbocycles. The third-order valence-electron chi connectivity index (χ3n) is 7.43. The Morgan fingerprint density at radius 1 is 0.750 bits per heavy atom. The van der Waals surface area contributed by atoms with Gasteiger partial charge in [-0.2, -0.15) is 0 Å². The summed E-state index contributed by atoms with van der Waals surface area (Å²) in [5.74, 6) is 0.302. The monoisotopic (exact) mass is 504 g/mol. The van der Waals surface area contributed by atoms with E-state index in [0.29, 0.717) is 13.0 Å². The van der Waals surface area contributed by atoms with E-state index in [0.717, 1.165) is 12.0 Å². The average Bonchev–Trinajstić information content (AvgIpc) is 2.85. The second-order valence-corrected chi connectivity index (χ2v) is 16.0. The van der Waals surface area contributed by atoms with Crippen LogP contribution < -0.4 is 10.4 Å². The van der Waals surface area contributed by atoms with Crippen LogP contribution in [0.5, 0.6) is 0 Å². The van der Waals surface area contributed by atoms with E-state index in [1.807, 2.05) is 30.3 Å². The Morgan fingerprint density at radius 3 is 1.64 bits per heavy atom. The van der Waals surface area contributed by atoms with E-state index in [4.69, 9.17) is 4.43 Å². The Balaban J connectivity index is 1.75. The first-order valence-electron chi connectivity index (χ1n) is 13.2. The van der Waals surface area contributed by atoms with Gasteiger partial charge in [0.05, 0.1) is 11.7 Å². The molecule has 0 heterocycles. The highest BCUT2D eigenvalue weighted by molar-refractivity contribution is 6.99. The van der Waals surface area contributed by atoms with Crippen molar-refractivity contribution in [1.82, 2.24) is 0 Å². The van der Waals surface area contributed by atoms with Gasteiger partial charge in [0.15, 0.2) is 0 Å². The summed E-state index contributed by atoms with van der Waals surface area (Å²) in [6, 6.07) is 31.0. The summed E-state index contributed by atoms with van der Waals surface area (Å²) in [6.07, 6.45) is 0.528. The first-order valence-corrected chi connectivity index (χ1v) is 15.1. The van der Waals surface area contributed by atoms with E-state index in [1.54, 1.807) is 6.92 Å². The predicted octanol–water partition coefficient (Wildman–Crippen LogP) is 5.88. The molecule has 0 amide bonds. The maximum Gasteiger partial charge on any atom is 0.261 e. The summed E-state index contributed by atoms with van der Waals surface area (Å²) >= 11 is 0. The van der Waals surface area contributed by atoms with E-state index >= 15 is 0 Å². The van der Waals surface area contributed by atoms with Crippen LogP contribution in [0.4, 0.5) is 0 Å². The fourth-order valence-corrected chi connectivity index (χ4v) is 10.1. The Hall–Kier alpha value is -2.24. The standard InChI is InChI=1S/C32H44O3Si/c1-25(22-26(2)30(33)23-32(6,34)27-16-10-7-11-17-27)24-35-36(31(3,4)5,28-18-12-8-13-19-28)29-20-14-9-15-21-29/h7-21,25-26,30,33-34H,22-24H2,1-6H3/t25-,26+,30+,32-/m1/s1. The zero-order chi connectivity index (χ0) is 26.4. The maximum atomic E-state index is 11.0. The molecule has 4 atom stereocenters. The highest BCUT2D eigenvalue weighted by Gasteiger charge is 2.50. The SMILES string of the molecule is C[C@@H](CO[Si](c1ccccc1)(c1ccccc1)C(C)(C)C)C[C@H](C)[C@@H](O)C[C@@](C)(O)c1ccccc1. The van der Waals surface area contributed by atoms with Crippen LogP contribution in [0.15, 0.2) is 91.0 Å². The van der Waals surface area contributed by atoms with Crippen LogP contribution in [0, 0.1) is 11.8 Å². The zero-order valence-corrected chi connectivity index (χ0v) is 23.8. The van der Waals surface area contributed by atoms with Crippen LogP contribution in [-0.2, 0) is 10.0 Å². The molecule has 0 bridgehead atoms. The minimum atomic E-state index is -2.58. The number of benzene rings is 3. The number of hydrogen-bond donors (Lipinski definition) is 2. The average molecular weight is 505 g/mol. The van der Waals surface area contributed by atoms with Crippen molar-refractivity contribution in [3.63, 3.8) is 0 Å². The molecule has 0 aromatic heterocycles. The number of aliphatic hydroxyl groups is 2. The molecule has 0 radical (unpaired) electrons. The molecule has 3 aromatic rings. The summed E-state index contributed by atoms with van der Waals surface area (Å²) in [5.41, 5.74) is -0.233. The Morgan fingerprint density at radius 2 is 1.19 bits per heavy atom. The number of aliphatic hydroxyl groups excluding tert-OH is 1. The van der Waals surface area contributed by atoms with E-state index in [1.165, 1.54) is 10.4 Å². The van der Waals surface area contributed by atoms with Crippen LogP contribution >= 0.6 is 0 Å². The smallest absolute Gasteiger partial charge is 0.261 e. The highest BCUT2D eigenvalue weighted by atomic mass is 28.4. The molecule has 0 fully saturated rings. The van der Waals surface area contributed by atoms with Crippen molar-refractivity contribution in [2.45, 2.75) is 71.1 Å². The molecule has 3 aromatic carbocycles. The van der Waals surface area contributed by atoms with Crippen LogP contribution in [0.2, 0.25) is 5.04 Å². The second-order valence-electron chi connectivity index (χ2n) is 11.7. The van der Waals surface area contributed by atoms with E-state index in [2.05, 4.69) is 95.3 Å². The van der Waals surface area contributed by atoms with Gasteiger partial charge in [0.25, 0.3) is 8.32 Å². The fraction of sp³-hybridized carbons (Fsp3) is 0.438. The number of hydrogen-bond acceptors (Lipinski definition) is 3. The Labute approximate surface area is 219 Å². The van der Waals surface area contributed by atoms with Crippen LogP contribution in [0.1, 0.15) is 59.9 Å². The molecule has 0 aliphatic rings. The lowest BCUT2D eigenvalue weighted by atomic mass is 9.83. The van der Waals surface area contributed by atoms with Crippen molar-refractivity contribution in [3.05, 3.63) is 96.6 Å². The molecular formula is C32H44O3Si. The van der Waals surface area contributed by atoms with Crippen LogP contribution in [-0.4, -0.2) is 31.2 Å². The Bertz CT molecular complexity index is 1010. The molecule has 0 unspecified atom stereocenters. The van der Waals surface area contributed by atoms with E-state index < -0.39 is 20.0 Å². The summed E-state index contributed by atoms with van der Waals surface area (Å²) in [4.78, 5) is 0. The maximum absolute atomic E-state index is 11.0. The lowest BCUT2D eigenvalue weighted by Crippen LogP contribution is -2.66. The van der Waals surface area contributed by atoms with Gasteiger partial charge in [-0.1, -0.05) is 126 Å². The van der Waals surface area contributed by atoms with Gasteiger partial charge in [-0.25, -0.2) is 0 Å². The Kier molecular flexibility index (Phi) is 9.34. The van der Waals surface area contributed by atoms with Gasteiger partial charge in [0.1, 0.15) is 0 Å². The van der Waals surface area contributed by atoms with Gasteiger partial charge in [0.2, 0.25) is 0 Å². The molecule has 0 saturated heterocycles. The summed E-state index contributed by atoms with van der Waals surface area (Å²) in [5, 5.41) is 24.5. The lowest BCUT2D eigenvalue weighted by Gasteiger charge is -2.43. The minimum absolute atomic E-state index is 0.0398. The van der Waals surface area contributed by atoms with Gasteiger partial charge in [-0.3, -0.25) is 0 Å². The van der Waals surface area contributed by atoms with Crippen molar-refractivity contribution >= 4 is 18.7 Å². The van der Waals surface area contributed by atoms with Crippen LogP contribution in [0.3, 0.4) is 0 Å². The first-order chi connectivity index (χ1) is 17.0. The molecule has 0 spiro atoms. The van der Waals surface area contributed by atoms with Gasteiger partial charge in [-0.05, 0) is 46.2 Å². The van der Waals surface area contributed by atoms with Gasteiger partial charge >= 0.3 is 0 Å². The third kappa shape index (κ3) is 6.54. The minimum Gasteiger partial charge on any atom is -0.407 e. The van der Waals surface area contributed by atoms with E-state index in [-0.39, 0.29) is 16.9 Å². The molecule has 2 N–H and O–H groups in total. The highest BCUT2D eigenvalue weighted by Crippen LogP contribution is 2.37. The molecule has 3 nitrogen and oxygen atoms in total. The molecule has 3 rings (SSSR count). The van der Waals surface area contributed by atoms with Gasteiger partial charge < -0.3 is 14.6 Å². The third-order valence-corrected chi connectivity index (χ3v) is 12.4. The normalized spacial score (nSPS) is 16.7. The topological polar surface area (TPSA) is 49.7 Å². The molecule has 194 valence electrons. The molecule has 36 heavy (non-hydrogen) atoms. The largest absolute Gasteiger partial charge is 0.407 e. The van der Waals surface area contributed by atoms with Gasteiger partial charge in [0, 0.05) is 13.0 Å².